The van der Waals surface area contributed by atoms with Crippen LogP contribution in [0.4, 0.5) is 0 Å². The van der Waals surface area contributed by atoms with Crippen molar-refractivity contribution < 1.29 is 5.11 Å². The van der Waals surface area contributed by atoms with E-state index in [-0.39, 0.29) is 18.4 Å². The van der Waals surface area contributed by atoms with Gasteiger partial charge in [-0.15, -0.1) is 12.4 Å². The Morgan fingerprint density at radius 3 is 2.35 bits per heavy atom. The van der Waals surface area contributed by atoms with Crippen molar-refractivity contribution in [1.29, 1.82) is 0 Å². The Hall–Kier alpha value is -1.25. The molecule has 1 aliphatic rings. The van der Waals surface area contributed by atoms with Crippen LogP contribution in [0.2, 0.25) is 0 Å². The molecule has 2 nitrogen and oxygen atoms in total. The van der Waals surface area contributed by atoms with Crippen LogP contribution in [-0.2, 0) is 0 Å². The molecule has 0 amide bonds. The molecule has 3 heteroatoms. The molecule has 0 bridgehead atoms. The molecule has 1 fully saturated rings. The van der Waals surface area contributed by atoms with E-state index in [1.807, 2.05) is 6.07 Å². The van der Waals surface area contributed by atoms with Crippen LogP contribution in [0.25, 0.3) is 10.8 Å². The zero-order valence-corrected chi connectivity index (χ0v) is 12.4. The number of fused-ring (bicyclic) bond motifs is 1. The highest BCUT2D eigenvalue weighted by Crippen LogP contribution is 2.34. The fraction of sp³-hybridized carbons (Fsp3) is 0.412. The van der Waals surface area contributed by atoms with Gasteiger partial charge in [0.15, 0.2) is 0 Å². The first-order valence-electron chi connectivity index (χ1n) is 7.22. The number of phenols is 1. The Morgan fingerprint density at radius 2 is 1.60 bits per heavy atom. The van der Waals surface area contributed by atoms with Crippen molar-refractivity contribution in [3.8, 4) is 5.75 Å². The Labute approximate surface area is 126 Å². The molecule has 108 valence electrons. The summed E-state index contributed by atoms with van der Waals surface area (Å²) < 4.78 is 0. The molecule has 0 unspecified atom stereocenters. The minimum atomic E-state index is 0. The number of aromatic hydroxyl groups is 1. The largest absolute Gasteiger partial charge is 0.508 e. The smallest absolute Gasteiger partial charge is 0.116 e. The Morgan fingerprint density at radius 1 is 0.950 bits per heavy atom. The lowest BCUT2D eigenvalue weighted by Gasteiger charge is -2.28. The van der Waals surface area contributed by atoms with Crippen LogP contribution in [-0.4, -0.2) is 5.11 Å². The average molecular weight is 292 g/mol. The van der Waals surface area contributed by atoms with E-state index in [4.69, 9.17) is 5.73 Å². The standard InChI is InChI=1S/C17H21NO.ClH/c18-17(12-4-2-1-3-5-12)15-7-6-14-11-16(19)9-8-13(14)10-15;/h6-12,17,19H,1-5,18H2;1H/t17-;/m1./s1. The maximum Gasteiger partial charge on any atom is 0.116 e. The summed E-state index contributed by atoms with van der Waals surface area (Å²) in [6.07, 6.45) is 6.52. The molecule has 1 aliphatic carbocycles. The number of rotatable bonds is 2. The van der Waals surface area contributed by atoms with Crippen molar-refractivity contribution in [2.45, 2.75) is 38.1 Å². The van der Waals surface area contributed by atoms with Gasteiger partial charge in [0.05, 0.1) is 0 Å². The quantitative estimate of drug-likeness (QED) is 0.853. The van der Waals surface area contributed by atoms with Gasteiger partial charge in [0.2, 0.25) is 0 Å². The van der Waals surface area contributed by atoms with Crippen molar-refractivity contribution in [3.05, 3.63) is 42.0 Å². The number of benzene rings is 2. The number of nitrogens with two attached hydrogens (primary N) is 1. The SMILES string of the molecule is Cl.N[C@@H](c1ccc2cc(O)ccc2c1)C1CCCCC1. The number of halogens is 1. The predicted octanol–water partition coefficient (Wildman–Crippen LogP) is 4.55. The van der Waals surface area contributed by atoms with Gasteiger partial charge in [-0.25, -0.2) is 0 Å². The lowest BCUT2D eigenvalue weighted by Crippen LogP contribution is -2.23. The molecule has 20 heavy (non-hydrogen) atoms. The van der Waals surface area contributed by atoms with Gasteiger partial charge in [-0.1, -0.05) is 37.5 Å². The van der Waals surface area contributed by atoms with Crippen LogP contribution in [0.3, 0.4) is 0 Å². The summed E-state index contributed by atoms with van der Waals surface area (Å²) in [5, 5.41) is 11.7. The second-order valence-electron chi connectivity index (χ2n) is 5.71. The first-order chi connectivity index (χ1) is 9.24. The summed E-state index contributed by atoms with van der Waals surface area (Å²) in [6, 6.07) is 12.0. The molecule has 3 rings (SSSR count). The molecule has 0 aromatic heterocycles. The van der Waals surface area contributed by atoms with Crippen LogP contribution in [0, 0.1) is 5.92 Å². The molecular weight excluding hydrogens is 270 g/mol. The van der Waals surface area contributed by atoms with E-state index in [0.717, 1.165) is 10.8 Å². The van der Waals surface area contributed by atoms with Crippen molar-refractivity contribution in [1.82, 2.24) is 0 Å². The molecule has 0 radical (unpaired) electrons. The van der Waals surface area contributed by atoms with Gasteiger partial charge in [0.25, 0.3) is 0 Å². The molecule has 2 aromatic carbocycles. The van der Waals surface area contributed by atoms with Gasteiger partial charge >= 0.3 is 0 Å². The van der Waals surface area contributed by atoms with Gasteiger partial charge in [-0.2, -0.15) is 0 Å². The first-order valence-corrected chi connectivity index (χ1v) is 7.22. The lowest BCUT2D eigenvalue weighted by atomic mass is 9.81. The lowest BCUT2D eigenvalue weighted by molar-refractivity contribution is 0.308. The second-order valence-corrected chi connectivity index (χ2v) is 5.71. The molecule has 0 heterocycles. The molecule has 1 atom stereocenters. The van der Waals surface area contributed by atoms with Crippen LogP contribution >= 0.6 is 12.4 Å². The fourth-order valence-electron chi connectivity index (χ4n) is 3.22. The number of hydrogen-bond donors (Lipinski definition) is 2. The van der Waals surface area contributed by atoms with Crippen LogP contribution < -0.4 is 5.73 Å². The highest BCUT2D eigenvalue weighted by atomic mass is 35.5. The van der Waals surface area contributed by atoms with Crippen molar-refractivity contribution in [2.24, 2.45) is 11.7 Å². The normalized spacial score (nSPS) is 17.6. The zero-order chi connectivity index (χ0) is 13.2. The summed E-state index contributed by atoms with van der Waals surface area (Å²) in [6.45, 7) is 0. The van der Waals surface area contributed by atoms with E-state index in [0.29, 0.717) is 11.7 Å². The van der Waals surface area contributed by atoms with Crippen LogP contribution in [0.1, 0.15) is 43.7 Å². The Bertz CT molecular complexity index is 578. The third kappa shape index (κ3) is 3.08. The van der Waals surface area contributed by atoms with Gasteiger partial charge < -0.3 is 10.8 Å². The Balaban J connectivity index is 0.00000147. The van der Waals surface area contributed by atoms with E-state index in [9.17, 15) is 5.11 Å². The van der Waals surface area contributed by atoms with E-state index >= 15 is 0 Å². The summed E-state index contributed by atoms with van der Waals surface area (Å²) in [5.41, 5.74) is 7.67. The van der Waals surface area contributed by atoms with E-state index in [2.05, 4.69) is 18.2 Å². The third-order valence-electron chi connectivity index (χ3n) is 4.39. The van der Waals surface area contributed by atoms with Gasteiger partial charge in [-0.05, 0) is 53.3 Å². The molecule has 3 N–H and O–H groups in total. The summed E-state index contributed by atoms with van der Waals surface area (Å²) >= 11 is 0. The summed E-state index contributed by atoms with van der Waals surface area (Å²) in [5.74, 6) is 0.945. The van der Waals surface area contributed by atoms with Crippen LogP contribution in [0.5, 0.6) is 5.75 Å². The highest BCUT2D eigenvalue weighted by Gasteiger charge is 2.21. The predicted molar refractivity (Wildman–Crippen MR) is 86.4 cm³/mol. The minimum Gasteiger partial charge on any atom is -0.508 e. The molecular formula is C17H22ClNO. The molecule has 0 spiro atoms. The molecule has 0 saturated heterocycles. The minimum absolute atomic E-state index is 0. The van der Waals surface area contributed by atoms with E-state index in [1.54, 1.807) is 12.1 Å². The molecule has 2 aromatic rings. The van der Waals surface area contributed by atoms with Gasteiger partial charge in [0, 0.05) is 6.04 Å². The molecule has 1 saturated carbocycles. The van der Waals surface area contributed by atoms with E-state index in [1.165, 1.54) is 37.7 Å². The average Bonchev–Trinajstić information content (AvgIpc) is 2.47. The maximum absolute atomic E-state index is 9.49. The highest BCUT2D eigenvalue weighted by molar-refractivity contribution is 5.85. The topological polar surface area (TPSA) is 46.2 Å². The number of phenolic OH excluding ortho intramolecular Hbond substituents is 1. The third-order valence-corrected chi connectivity index (χ3v) is 4.39. The van der Waals surface area contributed by atoms with Gasteiger partial charge in [0.1, 0.15) is 5.75 Å². The molecule has 0 aliphatic heterocycles. The van der Waals surface area contributed by atoms with Crippen molar-refractivity contribution in [2.75, 3.05) is 0 Å². The summed E-state index contributed by atoms with van der Waals surface area (Å²) in [4.78, 5) is 0. The monoisotopic (exact) mass is 291 g/mol. The Kier molecular flexibility index (Phi) is 4.90. The van der Waals surface area contributed by atoms with Crippen molar-refractivity contribution in [3.63, 3.8) is 0 Å². The maximum atomic E-state index is 9.49. The van der Waals surface area contributed by atoms with E-state index < -0.39 is 0 Å². The zero-order valence-electron chi connectivity index (χ0n) is 11.6. The van der Waals surface area contributed by atoms with Gasteiger partial charge in [-0.3, -0.25) is 0 Å². The van der Waals surface area contributed by atoms with Crippen molar-refractivity contribution >= 4 is 23.2 Å². The van der Waals surface area contributed by atoms with Crippen LogP contribution in [0.15, 0.2) is 36.4 Å². The second kappa shape index (κ2) is 6.47. The first kappa shape index (κ1) is 15.1. The summed E-state index contributed by atoms with van der Waals surface area (Å²) in [7, 11) is 0. The number of hydrogen-bond acceptors (Lipinski definition) is 2. The fourth-order valence-corrected chi connectivity index (χ4v) is 3.22.